The standard InChI is InChI=1S/C12H26O/c1-5-8-10-12(4,9-6-2)11-13-7-3/h5-11H2,1-4H3. The zero-order valence-electron chi connectivity index (χ0n) is 9.86. The first-order valence-corrected chi connectivity index (χ1v) is 5.76. The fraction of sp³-hybridized carbons (Fsp3) is 1.00. The molecule has 0 aromatic carbocycles. The topological polar surface area (TPSA) is 9.23 Å². The molecule has 1 heteroatoms. The third kappa shape index (κ3) is 6.09. The van der Waals surface area contributed by atoms with Crippen LogP contribution in [0.2, 0.25) is 0 Å². The molecule has 0 radical (unpaired) electrons. The Balaban J connectivity index is 3.84. The number of unbranched alkanes of at least 4 members (excludes halogenated alkanes) is 1. The first-order valence-electron chi connectivity index (χ1n) is 5.76. The van der Waals surface area contributed by atoms with Crippen molar-refractivity contribution in [2.75, 3.05) is 13.2 Å². The number of hydrogen-bond acceptors (Lipinski definition) is 1. The average molecular weight is 186 g/mol. The number of rotatable bonds is 8. The summed E-state index contributed by atoms with van der Waals surface area (Å²) in [5.41, 5.74) is 0.431. The van der Waals surface area contributed by atoms with Crippen LogP contribution in [0.5, 0.6) is 0 Å². The molecule has 0 saturated carbocycles. The molecule has 0 N–H and O–H groups in total. The molecule has 0 rings (SSSR count). The van der Waals surface area contributed by atoms with Crippen molar-refractivity contribution in [2.45, 2.75) is 59.8 Å². The molecule has 0 aliphatic carbocycles. The highest BCUT2D eigenvalue weighted by Crippen LogP contribution is 2.30. The monoisotopic (exact) mass is 186 g/mol. The molecule has 0 fully saturated rings. The summed E-state index contributed by atoms with van der Waals surface area (Å²) in [5, 5.41) is 0. The Bertz CT molecular complexity index is 102. The van der Waals surface area contributed by atoms with Gasteiger partial charge in [0, 0.05) is 6.61 Å². The van der Waals surface area contributed by atoms with Gasteiger partial charge in [0.15, 0.2) is 0 Å². The summed E-state index contributed by atoms with van der Waals surface area (Å²) >= 11 is 0. The van der Waals surface area contributed by atoms with Gasteiger partial charge in [-0.1, -0.05) is 40.0 Å². The lowest BCUT2D eigenvalue weighted by molar-refractivity contribution is 0.0484. The van der Waals surface area contributed by atoms with Crippen molar-refractivity contribution in [3.63, 3.8) is 0 Å². The van der Waals surface area contributed by atoms with Gasteiger partial charge in [-0.2, -0.15) is 0 Å². The Morgan fingerprint density at radius 2 is 1.69 bits per heavy atom. The average Bonchev–Trinajstić information content (AvgIpc) is 2.12. The minimum Gasteiger partial charge on any atom is -0.381 e. The second-order valence-corrected chi connectivity index (χ2v) is 4.30. The second kappa shape index (κ2) is 7.37. The fourth-order valence-corrected chi connectivity index (χ4v) is 1.82. The maximum atomic E-state index is 5.55. The van der Waals surface area contributed by atoms with Gasteiger partial charge in [0.05, 0.1) is 6.61 Å². The normalized spacial score (nSPS) is 15.7. The molecule has 0 aromatic heterocycles. The van der Waals surface area contributed by atoms with Gasteiger partial charge in [-0.25, -0.2) is 0 Å². The van der Waals surface area contributed by atoms with Crippen LogP contribution in [0.15, 0.2) is 0 Å². The second-order valence-electron chi connectivity index (χ2n) is 4.30. The molecule has 0 aliphatic rings. The largest absolute Gasteiger partial charge is 0.381 e. The van der Waals surface area contributed by atoms with Gasteiger partial charge in [0.2, 0.25) is 0 Å². The van der Waals surface area contributed by atoms with Crippen molar-refractivity contribution in [3.05, 3.63) is 0 Å². The van der Waals surface area contributed by atoms with E-state index in [1.807, 2.05) is 0 Å². The molecule has 13 heavy (non-hydrogen) atoms. The highest BCUT2D eigenvalue weighted by atomic mass is 16.5. The van der Waals surface area contributed by atoms with Crippen LogP contribution in [0.1, 0.15) is 59.8 Å². The van der Waals surface area contributed by atoms with Crippen LogP contribution in [0.25, 0.3) is 0 Å². The van der Waals surface area contributed by atoms with Gasteiger partial charge in [-0.15, -0.1) is 0 Å². The molecule has 1 unspecified atom stereocenters. The van der Waals surface area contributed by atoms with E-state index < -0.39 is 0 Å². The number of hydrogen-bond donors (Lipinski definition) is 0. The number of ether oxygens (including phenoxy) is 1. The fourth-order valence-electron chi connectivity index (χ4n) is 1.82. The van der Waals surface area contributed by atoms with Crippen molar-refractivity contribution in [1.29, 1.82) is 0 Å². The summed E-state index contributed by atoms with van der Waals surface area (Å²) in [6, 6.07) is 0. The SMILES string of the molecule is CCCCC(C)(CCC)COCC. The summed E-state index contributed by atoms with van der Waals surface area (Å²) < 4.78 is 5.55. The quantitative estimate of drug-likeness (QED) is 0.556. The van der Waals surface area contributed by atoms with Crippen molar-refractivity contribution >= 4 is 0 Å². The maximum Gasteiger partial charge on any atom is 0.0519 e. The predicted molar refractivity (Wildman–Crippen MR) is 59.0 cm³/mol. The Kier molecular flexibility index (Phi) is 7.35. The van der Waals surface area contributed by atoms with E-state index >= 15 is 0 Å². The van der Waals surface area contributed by atoms with Crippen LogP contribution >= 0.6 is 0 Å². The van der Waals surface area contributed by atoms with Crippen molar-refractivity contribution in [3.8, 4) is 0 Å². The van der Waals surface area contributed by atoms with E-state index in [-0.39, 0.29) is 0 Å². The highest BCUT2D eigenvalue weighted by molar-refractivity contribution is 4.73. The molecule has 0 bridgehead atoms. The summed E-state index contributed by atoms with van der Waals surface area (Å²) in [5.74, 6) is 0. The summed E-state index contributed by atoms with van der Waals surface area (Å²) in [7, 11) is 0. The molecule has 0 spiro atoms. The molecule has 1 nitrogen and oxygen atoms in total. The lowest BCUT2D eigenvalue weighted by Crippen LogP contribution is -2.23. The molecule has 1 atom stereocenters. The van der Waals surface area contributed by atoms with E-state index in [1.165, 1.54) is 32.1 Å². The first kappa shape index (κ1) is 13.0. The van der Waals surface area contributed by atoms with Crippen LogP contribution in [0, 0.1) is 5.41 Å². The first-order chi connectivity index (χ1) is 6.18. The van der Waals surface area contributed by atoms with Crippen molar-refractivity contribution < 1.29 is 4.74 Å². The lowest BCUT2D eigenvalue weighted by atomic mass is 9.81. The van der Waals surface area contributed by atoms with Gasteiger partial charge in [-0.05, 0) is 25.2 Å². The van der Waals surface area contributed by atoms with E-state index in [0.29, 0.717) is 5.41 Å². The summed E-state index contributed by atoms with van der Waals surface area (Å²) in [6.45, 7) is 10.7. The minimum atomic E-state index is 0.431. The molecule has 0 amide bonds. The van der Waals surface area contributed by atoms with Crippen LogP contribution < -0.4 is 0 Å². The van der Waals surface area contributed by atoms with Gasteiger partial charge in [0.1, 0.15) is 0 Å². The summed E-state index contributed by atoms with van der Waals surface area (Å²) in [6.07, 6.45) is 6.52. The maximum absolute atomic E-state index is 5.55. The smallest absolute Gasteiger partial charge is 0.0519 e. The zero-order valence-corrected chi connectivity index (χ0v) is 9.86. The minimum absolute atomic E-state index is 0.431. The highest BCUT2D eigenvalue weighted by Gasteiger charge is 2.22. The Hall–Kier alpha value is -0.0400. The molecular formula is C12H26O. The van der Waals surface area contributed by atoms with Crippen LogP contribution in [0.3, 0.4) is 0 Å². The van der Waals surface area contributed by atoms with Gasteiger partial charge < -0.3 is 4.74 Å². The van der Waals surface area contributed by atoms with E-state index in [1.54, 1.807) is 0 Å². The van der Waals surface area contributed by atoms with Crippen LogP contribution in [-0.2, 0) is 4.74 Å². The van der Waals surface area contributed by atoms with Crippen LogP contribution in [-0.4, -0.2) is 13.2 Å². The van der Waals surface area contributed by atoms with Crippen molar-refractivity contribution in [2.24, 2.45) is 5.41 Å². The third-order valence-electron chi connectivity index (χ3n) is 2.64. The Labute approximate surface area is 83.9 Å². The van der Waals surface area contributed by atoms with Gasteiger partial charge in [0.25, 0.3) is 0 Å². The molecule has 80 valence electrons. The van der Waals surface area contributed by atoms with Gasteiger partial charge >= 0.3 is 0 Å². The van der Waals surface area contributed by atoms with E-state index in [2.05, 4.69) is 27.7 Å². The Morgan fingerprint density at radius 3 is 2.15 bits per heavy atom. The molecule has 0 saturated heterocycles. The summed E-state index contributed by atoms with van der Waals surface area (Å²) in [4.78, 5) is 0. The third-order valence-corrected chi connectivity index (χ3v) is 2.64. The molecule has 0 heterocycles. The predicted octanol–water partition coefficient (Wildman–Crippen LogP) is 4.02. The lowest BCUT2D eigenvalue weighted by Gasteiger charge is -2.28. The molecule has 0 aliphatic heterocycles. The van der Waals surface area contributed by atoms with Crippen LogP contribution in [0.4, 0.5) is 0 Å². The van der Waals surface area contributed by atoms with E-state index in [4.69, 9.17) is 4.74 Å². The van der Waals surface area contributed by atoms with Crippen molar-refractivity contribution in [1.82, 2.24) is 0 Å². The molecule has 0 aromatic rings. The zero-order chi connectivity index (χ0) is 10.2. The Morgan fingerprint density at radius 1 is 1.00 bits per heavy atom. The van der Waals surface area contributed by atoms with Gasteiger partial charge in [-0.3, -0.25) is 0 Å². The van der Waals surface area contributed by atoms with E-state index in [9.17, 15) is 0 Å². The molecular weight excluding hydrogens is 160 g/mol. The van der Waals surface area contributed by atoms with E-state index in [0.717, 1.165) is 13.2 Å².